The third kappa shape index (κ3) is 2.86. The SMILES string of the molecule is Cn1ccnc1C(NC1CCS(=O)CC1)c1ccco1. The van der Waals surface area contributed by atoms with Crippen molar-refractivity contribution in [3.63, 3.8) is 0 Å². The van der Waals surface area contributed by atoms with Crippen LogP contribution in [0.5, 0.6) is 0 Å². The second-order valence-electron chi connectivity index (χ2n) is 5.13. The lowest BCUT2D eigenvalue weighted by molar-refractivity contribution is 0.374. The Morgan fingerprint density at radius 3 is 2.90 bits per heavy atom. The van der Waals surface area contributed by atoms with E-state index in [1.165, 1.54) is 0 Å². The number of furan rings is 1. The van der Waals surface area contributed by atoms with Gasteiger partial charge in [-0.2, -0.15) is 0 Å². The average molecular weight is 293 g/mol. The highest BCUT2D eigenvalue weighted by atomic mass is 32.2. The van der Waals surface area contributed by atoms with Crippen molar-refractivity contribution < 1.29 is 8.63 Å². The predicted molar refractivity (Wildman–Crippen MR) is 77.8 cm³/mol. The maximum atomic E-state index is 11.5. The average Bonchev–Trinajstić information content (AvgIpc) is 3.10. The molecule has 1 atom stereocenters. The fourth-order valence-corrected chi connectivity index (χ4v) is 3.89. The second kappa shape index (κ2) is 5.93. The fraction of sp³-hybridized carbons (Fsp3) is 0.500. The predicted octanol–water partition coefficient (Wildman–Crippen LogP) is 1.60. The zero-order chi connectivity index (χ0) is 13.9. The van der Waals surface area contributed by atoms with Crippen LogP contribution in [0.25, 0.3) is 0 Å². The van der Waals surface area contributed by atoms with Gasteiger partial charge in [0.2, 0.25) is 0 Å². The minimum atomic E-state index is -0.638. The van der Waals surface area contributed by atoms with Crippen LogP contribution in [0.1, 0.15) is 30.5 Å². The number of imidazole rings is 1. The summed E-state index contributed by atoms with van der Waals surface area (Å²) >= 11 is 0. The summed E-state index contributed by atoms with van der Waals surface area (Å²) < 4.78 is 19.0. The van der Waals surface area contributed by atoms with Crippen LogP contribution in [-0.4, -0.2) is 31.3 Å². The van der Waals surface area contributed by atoms with Gasteiger partial charge in [0.1, 0.15) is 17.6 Å². The first kappa shape index (κ1) is 13.6. The summed E-state index contributed by atoms with van der Waals surface area (Å²) in [4.78, 5) is 4.43. The summed E-state index contributed by atoms with van der Waals surface area (Å²) in [6.07, 6.45) is 7.29. The molecule has 2 aromatic rings. The Morgan fingerprint density at radius 1 is 1.50 bits per heavy atom. The van der Waals surface area contributed by atoms with E-state index in [1.807, 2.05) is 29.9 Å². The van der Waals surface area contributed by atoms with Crippen molar-refractivity contribution in [3.8, 4) is 0 Å². The maximum absolute atomic E-state index is 11.5. The molecule has 1 unspecified atom stereocenters. The van der Waals surface area contributed by atoms with Gasteiger partial charge in [-0.3, -0.25) is 9.53 Å². The molecule has 6 heteroatoms. The third-order valence-electron chi connectivity index (χ3n) is 3.73. The van der Waals surface area contributed by atoms with Gasteiger partial charge in [0, 0.05) is 47.8 Å². The quantitative estimate of drug-likeness (QED) is 0.930. The molecule has 0 bridgehead atoms. The van der Waals surface area contributed by atoms with Crippen molar-refractivity contribution in [3.05, 3.63) is 42.4 Å². The van der Waals surface area contributed by atoms with Crippen LogP contribution in [0, 0.1) is 0 Å². The molecule has 1 aliphatic heterocycles. The molecule has 1 fully saturated rings. The first-order chi connectivity index (χ1) is 9.74. The van der Waals surface area contributed by atoms with Crippen molar-refractivity contribution in [2.75, 3.05) is 11.5 Å². The van der Waals surface area contributed by atoms with Crippen molar-refractivity contribution in [2.45, 2.75) is 24.9 Å². The largest absolute Gasteiger partial charge is 0.467 e. The lowest BCUT2D eigenvalue weighted by atomic mass is 10.1. The van der Waals surface area contributed by atoms with E-state index in [0.717, 1.165) is 35.9 Å². The van der Waals surface area contributed by atoms with E-state index in [-0.39, 0.29) is 6.04 Å². The Labute approximate surface area is 120 Å². The highest BCUT2D eigenvalue weighted by Crippen LogP contribution is 2.23. The first-order valence-electron chi connectivity index (χ1n) is 6.85. The summed E-state index contributed by atoms with van der Waals surface area (Å²) in [5.74, 6) is 3.37. The molecule has 0 saturated carbocycles. The number of nitrogens with zero attached hydrogens (tertiary/aromatic N) is 2. The maximum Gasteiger partial charge on any atom is 0.133 e. The molecule has 0 spiro atoms. The zero-order valence-corrected chi connectivity index (χ0v) is 12.3. The Bertz CT molecular complexity index is 569. The number of rotatable bonds is 4. The van der Waals surface area contributed by atoms with E-state index in [1.54, 1.807) is 12.5 Å². The molecule has 5 nitrogen and oxygen atoms in total. The van der Waals surface area contributed by atoms with Crippen LogP contribution in [0.2, 0.25) is 0 Å². The smallest absolute Gasteiger partial charge is 0.133 e. The Kier molecular flexibility index (Phi) is 4.03. The minimum Gasteiger partial charge on any atom is -0.467 e. The van der Waals surface area contributed by atoms with E-state index in [9.17, 15) is 4.21 Å². The van der Waals surface area contributed by atoms with Gasteiger partial charge in [-0.1, -0.05) is 0 Å². The van der Waals surface area contributed by atoms with Gasteiger partial charge in [-0.05, 0) is 25.0 Å². The number of aromatic nitrogens is 2. The van der Waals surface area contributed by atoms with Crippen LogP contribution in [-0.2, 0) is 17.8 Å². The Morgan fingerprint density at radius 2 is 2.30 bits per heavy atom. The van der Waals surface area contributed by atoms with Crippen molar-refractivity contribution >= 4 is 10.8 Å². The van der Waals surface area contributed by atoms with Gasteiger partial charge in [0.05, 0.1) is 6.26 Å². The minimum absolute atomic E-state index is 0.0541. The molecule has 2 aromatic heterocycles. The topological polar surface area (TPSA) is 60.1 Å². The fourth-order valence-electron chi connectivity index (χ4n) is 2.59. The summed E-state index contributed by atoms with van der Waals surface area (Å²) in [7, 11) is 1.34. The summed E-state index contributed by atoms with van der Waals surface area (Å²) in [6, 6.07) is 4.16. The van der Waals surface area contributed by atoms with E-state index < -0.39 is 10.8 Å². The van der Waals surface area contributed by atoms with Crippen LogP contribution in [0.3, 0.4) is 0 Å². The van der Waals surface area contributed by atoms with E-state index in [2.05, 4.69) is 10.3 Å². The van der Waals surface area contributed by atoms with Crippen LogP contribution in [0.4, 0.5) is 0 Å². The molecular formula is C14H19N3O2S. The van der Waals surface area contributed by atoms with Crippen molar-refractivity contribution in [2.24, 2.45) is 7.05 Å². The van der Waals surface area contributed by atoms with Gasteiger partial charge < -0.3 is 8.98 Å². The molecule has 0 amide bonds. The summed E-state index contributed by atoms with van der Waals surface area (Å²) in [5.41, 5.74) is 0. The molecule has 0 aliphatic carbocycles. The highest BCUT2D eigenvalue weighted by molar-refractivity contribution is 7.85. The normalized spacial score (nSPS) is 24.6. The molecule has 0 radical (unpaired) electrons. The van der Waals surface area contributed by atoms with Gasteiger partial charge >= 0.3 is 0 Å². The molecule has 1 aliphatic rings. The second-order valence-corrected chi connectivity index (χ2v) is 6.83. The highest BCUT2D eigenvalue weighted by Gasteiger charge is 2.26. The molecule has 20 heavy (non-hydrogen) atoms. The Balaban J connectivity index is 1.80. The molecule has 108 valence electrons. The number of aryl methyl sites for hydroxylation is 1. The van der Waals surface area contributed by atoms with Crippen LogP contribution in [0.15, 0.2) is 35.2 Å². The standard InChI is InChI=1S/C14H19N3O2S/c1-17-7-6-15-14(17)13(12-3-2-8-19-12)16-11-4-9-20(18)10-5-11/h2-3,6-8,11,13,16H,4-5,9-10H2,1H3. The van der Waals surface area contributed by atoms with Crippen LogP contribution < -0.4 is 5.32 Å². The van der Waals surface area contributed by atoms with E-state index in [4.69, 9.17) is 4.42 Å². The third-order valence-corrected chi connectivity index (χ3v) is 5.12. The monoisotopic (exact) mass is 293 g/mol. The van der Waals surface area contributed by atoms with E-state index in [0.29, 0.717) is 6.04 Å². The molecule has 1 N–H and O–H groups in total. The first-order valence-corrected chi connectivity index (χ1v) is 8.34. The summed E-state index contributed by atoms with van der Waals surface area (Å²) in [5, 5.41) is 3.61. The zero-order valence-electron chi connectivity index (χ0n) is 11.5. The Hall–Kier alpha value is -1.40. The number of nitrogens with one attached hydrogen (secondary N) is 1. The van der Waals surface area contributed by atoms with Gasteiger partial charge in [-0.15, -0.1) is 0 Å². The summed E-state index contributed by atoms with van der Waals surface area (Å²) in [6.45, 7) is 0. The van der Waals surface area contributed by atoms with Gasteiger partial charge in [-0.25, -0.2) is 4.98 Å². The molecular weight excluding hydrogens is 274 g/mol. The molecule has 0 aromatic carbocycles. The van der Waals surface area contributed by atoms with Crippen molar-refractivity contribution in [1.82, 2.24) is 14.9 Å². The molecule has 1 saturated heterocycles. The number of hydrogen-bond acceptors (Lipinski definition) is 4. The number of hydrogen-bond donors (Lipinski definition) is 1. The molecule has 3 rings (SSSR count). The molecule has 3 heterocycles. The van der Waals surface area contributed by atoms with Crippen LogP contribution >= 0.6 is 0 Å². The van der Waals surface area contributed by atoms with Gasteiger partial charge in [0.25, 0.3) is 0 Å². The van der Waals surface area contributed by atoms with E-state index >= 15 is 0 Å². The van der Waals surface area contributed by atoms with Crippen molar-refractivity contribution in [1.29, 1.82) is 0 Å². The van der Waals surface area contributed by atoms with Gasteiger partial charge in [0.15, 0.2) is 0 Å². The lowest BCUT2D eigenvalue weighted by Gasteiger charge is -2.27. The lowest BCUT2D eigenvalue weighted by Crippen LogP contribution is -2.39.